The summed E-state index contributed by atoms with van der Waals surface area (Å²) in [6, 6.07) is 5.09. The minimum atomic E-state index is -0.733. The third-order valence-electron chi connectivity index (χ3n) is 5.26. The van der Waals surface area contributed by atoms with Crippen LogP contribution in [0.1, 0.15) is 72.2 Å². The second-order valence-corrected chi connectivity index (χ2v) is 7.38. The maximum atomic E-state index is 13.3. The molecule has 0 aliphatic heterocycles. The molecule has 7 nitrogen and oxygen atoms in total. The molecular weight excluding hydrogens is 364 g/mol. The van der Waals surface area contributed by atoms with Crippen LogP contribution in [0.5, 0.6) is 0 Å². The summed E-state index contributed by atoms with van der Waals surface area (Å²) in [6.45, 7) is 0. The molecule has 2 heterocycles. The lowest BCUT2D eigenvalue weighted by Gasteiger charge is -2.18. The lowest BCUT2D eigenvalue weighted by Crippen LogP contribution is -2.22. The molecule has 3 aromatic rings. The molecule has 1 unspecified atom stereocenters. The van der Waals surface area contributed by atoms with Crippen LogP contribution in [-0.2, 0) is 0 Å². The molecule has 140 valence electrons. The van der Waals surface area contributed by atoms with E-state index >= 15 is 0 Å². The van der Waals surface area contributed by atoms with E-state index in [2.05, 4.69) is 25.4 Å². The minimum absolute atomic E-state index is 0.177. The Hall–Kier alpha value is -2.54. The van der Waals surface area contributed by atoms with Crippen LogP contribution in [0.3, 0.4) is 0 Å². The summed E-state index contributed by atoms with van der Waals surface area (Å²) in [5.74, 6) is 0.768. The van der Waals surface area contributed by atoms with E-state index in [1.54, 1.807) is 4.57 Å². The largest absolute Gasteiger partial charge is 0.302 e. The van der Waals surface area contributed by atoms with Crippen molar-refractivity contribution in [2.75, 3.05) is 0 Å². The molecule has 1 fully saturated rings. The molecule has 0 amide bonds. The smallest absolute Gasteiger partial charge is 0.194 e. The number of aromatic nitrogens is 6. The maximum absolute atomic E-state index is 13.3. The van der Waals surface area contributed by atoms with Crippen molar-refractivity contribution in [1.82, 2.24) is 29.9 Å². The Morgan fingerprint density at radius 1 is 1.15 bits per heavy atom. The molecule has 8 heteroatoms. The first-order chi connectivity index (χ1) is 13.2. The Kier molecular flexibility index (Phi) is 5.29. The maximum Gasteiger partial charge on any atom is 0.194 e. The zero-order valence-corrected chi connectivity index (χ0v) is 15.6. The summed E-state index contributed by atoms with van der Waals surface area (Å²) in [5, 5.41) is 14.7. The number of carbonyl (C=O) groups is 1. The van der Waals surface area contributed by atoms with Crippen LogP contribution in [0.4, 0.5) is 0 Å². The van der Waals surface area contributed by atoms with E-state index in [0.717, 1.165) is 0 Å². The number of nitrogens with zero attached hydrogens (tertiary/aromatic N) is 5. The van der Waals surface area contributed by atoms with Gasteiger partial charge >= 0.3 is 0 Å². The van der Waals surface area contributed by atoms with Gasteiger partial charge in [0, 0.05) is 5.56 Å². The van der Waals surface area contributed by atoms with Gasteiger partial charge in [-0.1, -0.05) is 43.4 Å². The number of hydrogen-bond acceptors (Lipinski definition) is 5. The third kappa shape index (κ3) is 3.78. The van der Waals surface area contributed by atoms with Gasteiger partial charge in [-0.25, -0.2) is 4.98 Å². The summed E-state index contributed by atoms with van der Waals surface area (Å²) >= 11 is 6.54. The number of aromatic amines is 1. The normalized spacial score (nSPS) is 16.8. The van der Waals surface area contributed by atoms with Gasteiger partial charge in [-0.2, -0.15) is 5.10 Å². The Bertz CT molecular complexity index is 851. The van der Waals surface area contributed by atoms with E-state index in [9.17, 15) is 4.79 Å². The van der Waals surface area contributed by atoms with Crippen LogP contribution < -0.4 is 0 Å². The number of ketones is 1. The number of H-pyrrole nitrogens is 1. The monoisotopic (exact) mass is 384 g/mol. The van der Waals surface area contributed by atoms with Crippen molar-refractivity contribution in [3.63, 3.8) is 0 Å². The van der Waals surface area contributed by atoms with Gasteiger partial charge in [-0.05, 0) is 36.5 Å². The van der Waals surface area contributed by atoms with Gasteiger partial charge in [0.2, 0.25) is 0 Å². The Morgan fingerprint density at radius 3 is 2.52 bits per heavy atom. The highest BCUT2D eigenvalue weighted by Gasteiger charge is 2.28. The average Bonchev–Trinajstić information content (AvgIpc) is 3.32. The van der Waals surface area contributed by atoms with E-state index in [0.29, 0.717) is 22.3 Å². The van der Waals surface area contributed by atoms with Crippen molar-refractivity contribution in [3.05, 3.63) is 59.2 Å². The quantitative estimate of drug-likeness (QED) is 0.531. The van der Waals surface area contributed by atoms with E-state index in [4.69, 9.17) is 11.6 Å². The first kappa shape index (κ1) is 17.9. The highest BCUT2D eigenvalue weighted by molar-refractivity contribution is 6.34. The van der Waals surface area contributed by atoms with Gasteiger partial charge in [0.1, 0.15) is 19.0 Å². The van der Waals surface area contributed by atoms with Gasteiger partial charge in [0.05, 0.1) is 5.02 Å². The number of nitrogens with one attached hydrogen (secondary N) is 1. The van der Waals surface area contributed by atoms with Crippen LogP contribution >= 0.6 is 11.6 Å². The molecular formula is C19H21ClN6O. The summed E-state index contributed by atoms with van der Waals surface area (Å²) < 4.78 is 1.60. The van der Waals surface area contributed by atoms with Gasteiger partial charge < -0.3 is 4.57 Å². The van der Waals surface area contributed by atoms with Crippen molar-refractivity contribution in [3.8, 4) is 0 Å². The summed E-state index contributed by atoms with van der Waals surface area (Å²) in [7, 11) is 0. The fourth-order valence-electron chi connectivity index (χ4n) is 3.83. The first-order valence-corrected chi connectivity index (χ1v) is 9.65. The van der Waals surface area contributed by atoms with Gasteiger partial charge in [-0.3, -0.25) is 9.89 Å². The lowest BCUT2D eigenvalue weighted by molar-refractivity contribution is 0.0942. The summed E-state index contributed by atoms with van der Waals surface area (Å²) in [6.07, 6.45) is 11.8. The molecule has 4 rings (SSSR count). The van der Waals surface area contributed by atoms with Crippen LogP contribution in [0.15, 0.2) is 37.2 Å². The molecule has 1 aromatic carbocycles. The minimum Gasteiger partial charge on any atom is -0.302 e. The molecule has 0 spiro atoms. The predicted molar refractivity (Wildman–Crippen MR) is 101 cm³/mol. The summed E-state index contributed by atoms with van der Waals surface area (Å²) in [4.78, 5) is 17.4. The van der Waals surface area contributed by atoms with Gasteiger partial charge in [0.15, 0.2) is 17.6 Å². The van der Waals surface area contributed by atoms with Crippen LogP contribution in [-0.4, -0.2) is 35.7 Å². The summed E-state index contributed by atoms with van der Waals surface area (Å²) in [5.41, 5.74) is 1.68. The SMILES string of the molecule is O=C(c1ccc(C2CCCCCC2)cc1Cl)C(c1ncn[nH]1)n1cnnc1. The van der Waals surface area contributed by atoms with Gasteiger partial charge in [0.25, 0.3) is 0 Å². The molecule has 1 N–H and O–H groups in total. The molecule has 1 aliphatic carbocycles. The number of benzene rings is 1. The molecule has 0 saturated heterocycles. The third-order valence-corrected chi connectivity index (χ3v) is 5.57. The molecule has 2 aromatic heterocycles. The van der Waals surface area contributed by atoms with E-state index < -0.39 is 6.04 Å². The fourth-order valence-corrected chi connectivity index (χ4v) is 4.12. The van der Waals surface area contributed by atoms with Crippen LogP contribution in [0.2, 0.25) is 5.02 Å². The highest BCUT2D eigenvalue weighted by Crippen LogP contribution is 2.34. The Labute approximate surface area is 162 Å². The second kappa shape index (κ2) is 8.00. The second-order valence-electron chi connectivity index (χ2n) is 6.97. The van der Waals surface area contributed by atoms with Crippen LogP contribution in [0, 0.1) is 0 Å². The molecule has 1 saturated carbocycles. The number of carbonyl (C=O) groups excluding carboxylic acids is 1. The zero-order valence-electron chi connectivity index (χ0n) is 14.9. The van der Waals surface area contributed by atoms with Crippen molar-refractivity contribution in [2.24, 2.45) is 0 Å². The number of Topliss-reactive ketones (excluding diaryl/α,β-unsaturated/α-hetero) is 1. The average molecular weight is 385 g/mol. The van der Waals surface area contributed by atoms with E-state index in [-0.39, 0.29) is 5.78 Å². The molecule has 1 atom stereocenters. The number of rotatable bonds is 5. The van der Waals surface area contributed by atoms with Crippen molar-refractivity contribution in [1.29, 1.82) is 0 Å². The molecule has 0 bridgehead atoms. The van der Waals surface area contributed by atoms with E-state index in [1.165, 1.54) is 63.1 Å². The topological polar surface area (TPSA) is 89.4 Å². The van der Waals surface area contributed by atoms with Crippen molar-refractivity contribution < 1.29 is 4.79 Å². The van der Waals surface area contributed by atoms with Gasteiger partial charge in [-0.15, -0.1) is 10.2 Å². The van der Waals surface area contributed by atoms with Crippen molar-refractivity contribution in [2.45, 2.75) is 50.5 Å². The molecule has 0 radical (unpaired) electrons. The number of halogens is 1. The van der Waals surface area contributed by atoms with Crippen molar-refractivity contribution >= 4 is 17.4 Å². The highest BCUT2D eigenvalue weighted by atomic mass is 35.5. The number of hydrogen-bond donors (Lipinski definition) is 1. The zero-order chi connectivity index (χ0) is 18.6. The predicted octanol–water partition coefficient (Wildman–Crippen LogP) is 3.96. The standard InChI is InChI=1S/C19H21ClN6O/c20-16-9-14(13-5-3-1-2-4-6-13)7-8-15(16)18(27)17(19-21-10-22-25-19)26-11-23-24-12-26/h7-13,17H,1-6H2,(H,21,22,25). The van der Waals surface area contributed by atoms with E-state index in [1.807, 2.05) is 18.2 Å². The molecule has 1 aliphatic rings. The Morgan fingerprint density at radius 2 is 1.89 bits per heavy atom. The lowest BCUT2D eigenvalue weighted by atomic mass is 9.90. The first-order valence-electron chi connectivity index (χ1n) is 9.27. The fraction of sp³-hybridized carbons (Fsp3) is 0.421. The molecule has 27 heavy (non-hydrogen) atoms. The van der Waals surface area contributed by atoms with Crippen LogP contribution in [0.25, 0.3) is 0 Å². The Balaban J connectivity index is 1.64.